The van der Waals surface area contributed by atoms with Crippen LogP contribution in [0, 0.1) is 0 Å². The minimum atomic E-state index is -0.111. The van der Waals surface area contributed by atoms with E-state index in [2.05, 4.69) is 34.4 Å². The van der Waals surface area contributed by atoms with Gasteiger partial charge < -0.3 is 10.1 Å². The van der Waals surface area contributed by atoms with Crippen LogP contribution in [0.4, 0.5) is 0 Å². The Morgan fingerprint density at radius 1 is 1.16 bits per heavy atom. The summed E-state index contributed by atoms with van der Waals surface area (Å²) < 4.78 is 7.39. The fourth-order valence-electron chi connectivity index (χ4n) is 4.35. The van der Waals surface area contributed by atoms with Gasteiger partial charge in [0.2, 0.25) is 0 Å². The molecule has 2 aromatic carbocycles. The Balaban J connectivity index is 1.47. The van der Waals surface area contributed by atoms with Crippen molar-refractivity contribution in [3.05, 3.63) is 82.7 Å². The topological polar surface area (TPSA) is 59.4 Å². The summed E-state index contributed by atoms with van der Waals surface area (Å²) in [6, 6.07) is 18.4. The van der Waals surface area contributed by atoms with Gasteiger partial charge in [-0.2, -0.15) is 5.10 Å². The highest BCUT2D eigenvalue weighted by Gasteiger charge is 2.29. The number of rotatable bonds is 7. The van der Waals surface area contributed by atoms with E-state index in [-0.39, 0.29) is 5.91 Å². The number of amides is 1. The highest BCUT2D eigenvalue weighted by molar-refractivity contribution is 5.94. The number of carbonyl (C=O) groups excluding carboxylic acids is 1. The van der Waals surface area contributed by atoms with Gasteiger partial charge in [0.15, 0.2) is 5.69 Å². The quantitative estimate of drug-likeness (QED) is 0.639. The standard InChI is InChI=1S/C25H30N4O2/c1-18(15-20-11-7-8-12-23(20)31-3)29-14-13-22-21(17-29)24(27-28(22)2)25(30)26-16-19-9-5-4-6-10-19/h4-12,18H,13-17H2,1-3H3,(H,26,30). The molecule has 1 aromatic heterocycles. The van der Waals surface area contributed by atoms with Crippen LogP contribution in [0.15, 0.2) is 54.6 Å². The molecular formula is C25H30N4O2. The minimum Gasteiger partial charge on any atom is -0.496 e. The Bertz CT molecular complexity index is 1040. The zero-order chi connectivity index (χ0) is 21.8. The van der Waals surface area contributed by atoms with Crippen LogP contribution in [-0.4, -0.2) is 40.3 Å². The average molecular weight is 419 g/mol. The second-order valence-electron chi connectivity index (χ2n) is 8.15. The first-order valence-corrected chi connectivity index (χ1v) is 10.8. The SMILES string of the molecule is COc1ccccc1CC(C)N1CCc2c(c(C(=O)NCc3ccccc3)nn2C)C1. The van der Waals surface area contributed by atoms with Crippen LogP contribution in [0.1, 0.15) is 39.8 Å². The number of nitrogens with zero attached hydrogens (tertiary/aromatic N) is 3. The summed E-state index contributed by atoms with van der Waals surface area (Å²) in [5.41, 5.74) is 5.03. The predicted molar refractivity (Wildman–Crippen MR) is 121 cm³/mol. The summed E-state index contributed by atoms with van der Waals surface area (Å²) in [4.78, 5) is 15.4. The van der Waals surface area contributed by atoms with Crippen LogP contribution in [0.2, 0.25) is 0 Å². The van der Waals surface area contributed by atoms with Crippen LogP contribution < -0.4 is 10.1 Å². The first-order valence-electron chi connectivity index (χ1n) is 10.8. The molecular weight excluding hydrogens is 388 g/mol. The second-order valence-corrected chi connectivity index (χ2v) is 8.15. The molecule has 0 radical (unpaired) electrons. The Labute approximate surface area is 183 Å². The van der Waals surface area contributed by atoms with Gasteiger partial charge in [-0.15, -0.1) is 0 Å². The van der Waals surface area contributed by atoms with Crippen LogP contribution in [0.5, 0.6) is 5.75 Å². The lowest BCUT2D eigenvalue weighted by Crippen LogP contribution is -2.39. The molecule has 1 unspecified atom stereocenters. The summed E-state index contributed by atoms with van der Waals surface area (Å²) >= 11 is 0. The molecule has 6 nitrogen and oxygen atoms in total. The number of hydrogen-bond acceptors (Lipinski definition) is 4. The molecule has 6 heteroatoms. The number of para-hydroxylation sites is 1. The number of fused-ring (bicyclic) bond motifs is 1. The molecule has 4 rings (SSSR count). The van der Waals surface area contributed by atoms with E-state index in [9.17, 15) is 4.79 Å². The van der Waals surface area contributed by atoms with Crippen molar-refractivity contribution in [2.24, 2.45) is 7.05 Å². The Kier molecular flexibility index (Phi) is 6.37. The zero-order valence-corrected chi connectivity index (χ0v) is 18.5. The molecule has 0 bridgehead atoms. The number of benzene rings is 2. The van der Waals surface area contributed by atoms with E-state index < -0.39 is 0 Å². The summed E-state index contributed by atoms with van der Waals surface area (Å²) in [5.74, 6) is 0.814. The Hall–Kier alpha value is -3.12. The maximum absolute atomic E-state index is 12.9. The average Bonchev–Trinajstić information content (AvgIpc) is 3.14. The van der Waals surface area contributed by atoms with Gasteiger partial charge in [0.25, 0.3) is 5.91 Å². The molecule has 0 saturated carbocycles. The highest BCUT2D eigenvalue weighted by atomic mass is 16.5. The molecule has 162 valence electrons. The largest absolute Gasteiger partial charge is 0.496 e. The number of methoxy groups -OCH3 is 1. The molecule has 0 spiro atoms. The summed E-state index contributed by atoms with van der Waals surface area (Å²) in [6.07, 6.45) is 1.79. The van der Waals surface area contributed by atoms with Crippen molar-refractivity contribution in [1.82, 2.24) is 20.0 Å². The van der Waals surface area contributed by atoms with Crippen molar-refractivity contribution in [1.29, 1.82) is 0 Å². The van der Waals surface area contributed by atoms with E-state index in [1.54, 1.807) is 7.11 Å². The molecule has 0 aliphatic carbocycles. The van der Waals surface area contributed by atoms with Gasteiger partial charge >= 0.3 is 0 Å². The van der Waals surface area contributed by atoms with Gasteiger partial charge in [0.05, 0.1) is 7.11 Å². The molecule has 1 atom stereocenters. The normalized spacial score (nSPS) is 14.7. The van der Waals surface area contributed by atoms with E-state index >= 15 is 0 Å². The molecule has 0 saturated heterocycles. The van der Waals surface area contributed by atoms with E-state index in [1.807, 2.05) is 54.2 Å². The van der Waals surface area contributed by atoms with Crippen LogP contribution in [0.25, 0.3) is 0 Å². The van der Waals surface area contributed by atoms with Crippen molar-refractivity contribution < 1.29 is 9.53 Å². The van der Waals surface area contributed by atoms with Gasteiger partial charge in [0, 0.05) is 50.4 Å². The number of hydrogen-bond donors (Lipinski definition) is 1. The number of nitrogens with one attached hydrogen (secondary N) is 1. The zero-order valence-electron chi connectivity index (χ0n) is 18.5. The molecule has 1 amide bonds. The van der Waals surface area contributed by atoms with E-state index in [0.717, 1.165) is 48.5 Å². The summed E-state index contributed by atoms with van der Waals surface area (Å²) in [6.45, 7) is 4.42. The number of carbonyl (C=O) groups is 1. The molecule has 2 heterocycles. The smallest absolute Gasteiger partial charge is 0.272 e. The van der Waals surface area contributed by atoms with E-state index in [0.29, 0.717) is 18.3 Å². The van der Waals surface area contributed by atoms with Crippen LogP contribution in [-0.2, 0) is 33.0 Å². The molecule has 0 fully saturated rings. The number of ether oxygens (including phenoxy) is 1. The third-order valence-electron chi connectivity index (χ3n) is 6.11. The van der Waals surface area contributed by atoms with Gasteiger partial charge in [-0.25, -0.2) is 0 Å². The summed E-state index contributed by atoms with van der Waals surface area (Å²) in [7, 11) is 3.65. The van der Waals surface area contributed by atoms with Gasteiger partial charge in [-0.3, -0.25) is 14.4 Å². The van der Waals surface area contributed by atoms with Crippen molar-refractivity contribution >= 4 is 5.91 Å². The van der Waals surface area contributed by atoms with Crippen LogP contribution in [0.3, 0.4) is 0 Å². The first-order chi connectivity index (χ1) is 15.1. The predicted octanol–water partition coefficient (Wildman–Crippen LogP) is 3.35. The maximum Gasteiger partial charge on any atom is 0.272 e. The lowest BCUT2D eigenvalue weighted by atomic mass is 9.99. The van der Waals surface area contributed by atoms with Crippen molar-refractivity contribution in [2.75, 3.05) is 13.7 Å². The minimum absolute atomic E-state index is 0.111. The van der Waals surface area contributed by atoms with Crippen molar-refractivity contribution in [3.63, 3.8) is 0 Å². The Morgan fingerprint density at radius 3 is 2.68 bits per heavy atom. The first kappa shape index (κ1) is 21.1. The number of aromatic nitrogens is 2. The number of aryl methyl sites for hydroxylation is 1. The molecule has 1 aliphatic rings. The maximum atomic E-state index is 12.9. The third kappa shape index (κ3) is 4.64. The molecule has 3 aromatic rings. The summed E-state index contributed by atoms with van der Waals surface area (Å²) in [5, 5.41) is 7.60. The van der Waals surface area contributed by atoms with Gasteiger partial charge in [-0.05, 0) is 30.5 Å². The van der Waals surface area contributed by atoms with Crippen LogP contribution >= 0.6 is 0 Å². The monoisotopic (exact) mass is 418 g/mol. The fourth-order valence-corrected chi connectivity index (χ4v) is 4.35. The lowest BCUT2D eigenvalue weighted by Gasteiger charge is -2.33. The molecule has 1 aliphatic heterocycles. The van der Waals surface area contributed by atoms with Crippen molar-refractivity contribution in [2.45, 2.75) is 38.9 Å². The Morgan fingerprint density at radius 2 is 1.90 bits per heavy atom. The fraction of sp³-hybridized carbons (Fsp3) is 0.360. The van der Waals surface area contributed by atoms with E-state index in [1.165, 1.54) is 5.56 Å². The molecule has 31 heavy (non-hydrogen) atoms. The lowest BCUT2D eigenvalue weighted by molar-refractivity contribution is 0.0942. The molecule has 1 N–H and O–H groups in total. The van der Waals surface area contributed by atoms with Gasteiger partial charge in [0.1, 0.15) is 5.75 Å². The highest BCUT2D eigenvalue weighted by Crippen LogP contribution is 2.26. The second kappa shape index (κ2) is 9.35. The third-order valence-corrected chi connectivity index (χ3v) is 6.11. The van der Waals surface area contributed by atoms with Crippen molar-refractivity contribution in [3.8, 4) is 5.75 Å². The van der Waals surface area contributed by atoms with E-state index in [4.69, 9.17) is 4.74 Å². The van der Waals surface area contributed by atoms with Gasteiger partial charge in [-0.1, -0.05) is 48.5 Å².